The van der Waals surface area contributed by atoms with Gasteiger partial charge < -0.3 is 0 Å². The summed E-state index contributed by atoms with van der Waals surface area (Å²) in [5.41, 5.74) is 1.60. The molecule has 0 aliphatic heterocycles. The zero-order valence-corrected chi connectivity index (χ0v) is 4.99. The number of halogens is 1. The van der Waals surface area contributed by atoms with Crippen molar-refractivity contribution in [1.29, 1.82) is 0 Å². The first-order chi connectivity index (χ1) is 3.93. The Morgan fingerprint density at radius 3 is 3.12 bits per heavy atom. The minimum atomic E-state index is -0.338. The van der Waals surface area contributed by atoms with Crippen LogP contribution < -0.4 is 0 Å². The van der Waals surface area contributed by atoms with E-state index in [0.29, 0.717) is 6.42 Å². The predicted octanol–water partition coefficient (Wildman–Crippen LogP) is 1.05. The molecule has 0 N–H and O–H groups in total. The molecule has 0 atom stereocenters. The summed E-state index contributed by atoms with van der Waals surface area (Å²) in [4.78, 5) is 0. The number of aromatic nitrogens is 2. The van der Waals surface area contributed by atoms with Crippen LogP contribution in [0.15, 0.2) is 5.51 Å². The first kappa shape index (κ1) is 5.62. The van der Waals surface area contributed by atoms with E-state index in [-0.39, 0.29) is 6.67 Å². The summed E-state index contributed by atoms with van der Waals surface area (Å²) >= 11 is 1.39. The van der Waals surface area contributed by atoms with E-state index in [9.17, 15) is 4.39 Å². The summed E-state index contributed by atoms with van der Waals surface area (Å²) in [5, 5.41) is 7.95. The Morgan fingerprint density at radius 1 is 1.75 bits per heavy atom. The summed E-state index contributed by atoms with van der Waals surface area (Å²) in [6.07, 6.45) is 0.407. The highest BCUT2D eigenvalue weighted by molar-refractivity contribution is 7.09. The van der Waals surface area contributed by atoms with Crippen molar-refractivity contribution in [3.63, 3.8) is 0 Å². The Morgan fingerprint density at radius 2 is 2.62 bits per heavy atom. The van der Waals surface area contributed by atoms with E-state index >= 15 is 0 Å². The second-order valence-corrected chi connectivity index (χ2v) is 2.19. The Balaban J connectivity index is 2.50. The molecule has 1 aromatic rings. The molecule has 0 aliphatic rings. The smallest absolute Gasteiger partial charge is 0.119 e. The Hall–Kier alpha value is -0.510. The summed E-state index contributed by atoms with van der Waals surface area (Å²) in [6, 6.07) is 0. The fourth-order valence-corrected chi connectivity index (χ4v) is 0.891. The molecular formula is C4H5FN2S. The quantitative estimate of drug-likeness (QED) is 0.601. The molecule has 8 heavy (non-hydrogen) atoms. The van der Waals surface area contributed by atoms with Crippen LogP contribution in [-0.2, 0) is 6.42 Å². The van der Waals surface area contributed by atoms with Crippen molar-refractivity contribution in [2.24, 2.45) is 0 Å². The molecule has 1 rings (SSSR count). The van der Waals surface area contributed by atoms with Crippen LogP contribution in [-0.4, -0.2) is 16.9 Å². The number of rotatable bonds is 2. The van der Waals surface area contributed by atoms with E-state index in [2.05, 4.69) is 10.2 Å². The average Bonchev–Trinajstić information content (AvgIpc) is 2.19. The van der Waals surface area contributed by atoms with Crippen LogP contribution in [0.4, 0.5) is 4.39 Å². The lowest BCUT2D eigenvalue weighted by Crippen LogP contribution is -1.83. The van der Waals surface area contributed by atoms with Crippen molar-refractivity contribution in [1.82, 2.24) is 10.2 Å². The molecule has 0 saturated carbocycles. The summed E-state index contributed by atoms with van der Waals surface area (Å²) < 4.78 is 11.5. The van der Waals surface area contributed by atoms with Crippen LogP contribution in [0, 0.1) is 0 Å². The predicted molar refractivity (Wildman–Crippen MR) is 29.6 cm³/mol. The number of nitrogens with zero attached hydrogens (tertiary/aromatic N) is 2. The van der Waals surface area contributed by atoms with E-state index in [1.807, 2.05) is 0 Å². The van der Waals surface area contributed by atoms with Crippen molar-refractivity contribution in [3.05, 3.63) is 10.5 Å². The van der Waals surface area contributed by atoms with Gasteiger partial charge >= 0.3 is 0 Å². The highest BCUT2D eigenvalue weighted by Gasteiger charge is 1.92. The van der Waals surface area contributed by atoms with E-state index in [1.165, 1.54) is 11.3 Å². The molecule has 4 heteroatoms. The Bertz CT molecular complexity index is 140. The molecule has 0 fully saturated rings. The SMILES string of the molecule is FCCc1nncs1. The first-order valence-electron chi connectivity index (χ1n) is 2.24. The minimum absolute atomic E-state index is 0.338. The molecule has 2 nitrogen and oxygen atoms in total. The Kier molecular flexibility index (Phi) is 1.91. The van der Waals surface area contributed by atoms with Crippen LogP contribution >= 0.6 is 11.3 Å². The maximum absolute atomic E-state index is 11.5. The molecule has 0 amide bonds. The second kappa shape index (κ2) is 2.71. The summed E-state index contributed by atoms with van der Waals surface area (Å²) in [6.45, 7) is -0.338. The molecule has 1 aromatic heterocycles. The van der Waals surface area contributed by atoms with Crippen molar-refractivity contribution in [2.45, 2.75) is 6.42 Å². The topological polar surface area (TPSA) is 25.8 Å². The van der Waals surface area contributed by atoms with E-state index in [4.69, 9.17) is 0 Å². The van der Waals surface area contributed by atoms with Gasteiger partial charge in [0.2, 0.25) is 0 Å². The zero-order chi connectivity index (χ0) is 5.82. The molecule has 1 heterocycles. The lowest BCUT2D eigenvalue weighted by molar-refractivity contribution is 0.494. The van der Waals surface area contributed by atoms with Gasteiger partial charge in [-0.3, -0.25) is 4.39 Å². The van der Waals surface area contributed by atoms with Crippen molar-refractivity contribution >= 4 is 11.3 Å². The minimum Gasteiger partial charge on any atom is -0.251 e. The maximum Gasteiger partial charge on any atom is 0.119 e. The van der Waals surface area contributed by atoms with Crippen molar-refractivity contribution in [2.75, 3.05) is 6.67 Å². The zero-order valence-electron chi connectivity index (χ0n) is 4.17. The van der Waals surface area contributed by atoms with Gasteiger partial charge in [-0.25, -0.2) is 0 Å². The highest BCUT2D eigenvalue weighted by Crippen LogP contribution is 2.00. The van der Waals surface area contributed by atoms with E-state index < -0.39 is 0 Å². The van der Waals surface area contributed by atoms with Gasteiger partial charge in [-0.1, -0.05) is 0 Å². The molecule has 44 valence electrons. The van der Waals surface area contributed by atoms with Gasteiger partial charge in [-0.2, -0.15) is 0 Å². The molecule has 0 radical (unpaired) electrons. The highest BCUT2D eigenvalue weighted by atomic mass is 32.1. The van der Waals surface area contributed by atoms with Gasteiger partial charge in [-0.15, -0.1) is 21.5 Å². The van der Waals surface area contributed by atoms with Gasteiger partial charge in [0, 0.05) is 6.42 Å². The Labute approximate surface area is 50.4 Å². The van der Waals surface area contributed by atoms with Gasteiger partial charge in [0.25, 0.3) is 0 Å². The van der Waals surface area contributed by atoms with E-state index in [0.717, 1.165) is 5.01 Å². The maximum atomic E-state index is 11.5. The molecule has 0 spiro atoms. The first-order valence-corrected chi connectivity index (χ1v) is 3.12. The fourth-order valence-electron chi connectivity index (χ4n) is 0.386. The number of hydrogen-bond acceptors (Lipinski definition) is 3. The normalized spacial score (nSPS) is 9.62. The van der Waals surface area contributed by atoms with Gasteiger partial charge in [-0.05, 0) is 0 Å². The molecule has 0 aromatic carbocycles. The van der Waals surface area contributed by atoms with Crippen LogP contribution in [0.2, 0.25) is 0 Å². The lowest BCUT2D eigenvalue weighted by atomic mass is 10.5. The standard InChI is InChI=1S/C4H5FN2S/c5-2-1-4-7-6-3-8-4/h3H,1-2H2. The van der Waals surface area contributed by atoms with Gasteiger partial charge in [0.15, 0.2) is 0 Å². The van der Waals surface area contributed by atoms with Gasteiger partial charge in [0.1, 0.15) is 10.5 Å². The molecule has 0 bridgehead atoms. The van der Waals surface area contributed by atoms with Crippen molar-refractivity contribution in [3.8, 4) is 0 Å². The van der Waals surface area contributed by atoms with E-state index in [1.54, 1.807) is 5.51 Å². The van der Waals surface area contributed by atoms with Crippen LogP contribution in [0.1, 0.15) is 5.01 Å². The average molecular weight is 132 g/mol. The molecule has 0 saturated heterocycles. The van der Waals surface area contributed by atoms with Crippen molar-refractivity contribution < 1.29 is 4.39 Å². The number of aryl methyl sites for hydroxylation is 1. The number of hydrogen-bond donors (Lipinski definition) is 0. The lowest BCUT2D eigenvalue weighted by Gasteiger charge is -1.80. The summed E-state index contributed by atoms with van der Waals surface area (Å²) in [7, 11) is 0. The van der Waals surface area contributed by atoms with Crippen LogP contribution in [0.5, 0.6) is 0 Å². The third kappa shape index (κ3) is 1.23. The monoisotopic (exact) mass is 132 g/mol. The number of alkyl halides is 1. The third-order valence-electron chi connectivity index (χ3n) is 0.714. The second-order valence-electron chi connectivity index (χ2n) is 1.27. The largest absolute Gasteiger partial charge is 0.251 e. The van der Waals surface area contributed by atoms with Crippen LogP contribution in [0.3, 0.4) is 0 Å². The molecular weight excluding hydrogens is 127 g/mol. The van der Waals surface area contributed by atoms with Crippen LogP contribution in [0.25, 0.3) is 0 Å². The third-order valence-corrected chi connectivity index (χ3v) is 1.47. The van der Waals surface area contributed by atoms with Gasteiger partial charge in [0.05, 0.1) is 6.67 Å². The molecule has 0 aliphatic carbocycles. The summed E-state index contributed by atoms with van der Waals surface area (Å²) in [5.74, 6) is 0. The fraction of sp³-hybridized carbons (Fsp3) is 0.500. The molecule has 0 unspecified atom stereocenters.